The smallest absolute Gasteiger partial charge is 0.309 e. The largest absolute Gasteiger partial charge is 0.497 e. The molecule has 0 bridgehead atoms. The average molecular weight is 246 g/mol. The first kappa shape index (κ1) is 12.2. The molecule has 1 heterocycles. The second-order valence-electron chi connectivity index (χ2n) is 3.97. The molecule has 0 saturated heterocycles. The Kier molecular flexibility index (Phi) is 3.32. The summed E-state index contributed by atoms with van der Waals surface area (Å²) in [4.78, 5) is 10.7. The van der Waals surface area contributed by atoms with Gasteiger partial charge in [-0.2, -0.15) is 5.10 Å². The maximum absolute atomic E-state index is 10.7. The molecule has 0 aliphatic rings. The molecule has 2 aromatic rings. The van der Waals surface area contributed by atoms with Crippen molar-refractivity contribution in [2.24, 2.45) is 0 Å². The SMILES string of the molecule is COc1ccc(-c2n[nH]c(CC(=O)O)c2C)cc1. The van der Waals surface area contributed by atoms with E-state index in [2.05, 4.69) is 10.2 Å². The fourth-order valence-corrected chi connectivity index (χ4v) is 1.79. The molecule has 0 aliphatic heterocycles. The molecule has 1 aromatic carbocycles. The Morgan fingerprint density at radius 2 is 2.06 bits per heavy atom. The van der Waals surface area contributed by atoms with Gasteiger partial charge in [0, 0.05) is 11.3 Å². The zero-order valence-electron chi connectivity index (χ0n) is 10.2. The van der Waals surface area contributed by atoms with Crippen LogP contribution in [0.25, 0.3) is 11.3 Å². The first-order valence-electron chi connectivity index (χ1n) is 5.52. The summed E-state index contributed by atoms with van der Waals surface area (Å²) in [6.07, 6.45) is -0.0466. The van der Waals surface area contributed by atoms with E-state index in [1.807, 2.05) is 31.2 Å². The highest BCUT2D eigenvalue weighted by Crippen LogP contribution is 2.25. The minimum atomic E-state index is -0.872. The molecular formula is C13H14N2O3. The molecule has 0 fully saturated rings. The van der Waals surface area contributed by atoms with E-state index in [0.717, 1.165) is 22.6 Å². The van der Waals surface area contributed by atoms with E-state index < -0.39 is 5.97 Å². The molecule has 0 atom stereocenters. The minimum absolute atomic E-state index is 0.0466. The van der Waals surface area contributed by atoms with Crippen molar-refractivity contribution in [3.05, 3.63) is 35.5 Å². The van der Waals surface area contributed by atoms with Gasteiger partial charge in [0.05, 0.1) is 19.2 Å². The molecule has 5 heteroatoms. The van der Waals surface area contributed by atoms with Crippen molar-refractivity contribution in [2.75, 3.05) is 7.11 Å². The zero-order valence-corrected chi connectivity index (χ0v) is 10.2. The highest BCUT2D eigenvalue weighted by molar-refractivity contribution is 5.72. The molecule has 0 amide bonds. The Hall–Kier alpha value is -2.30. The molecule has 94 valence electrons. The number of benzene rings is 1. The maximum atomic E-state index is 10.7. The Balaban J connectivity index is 2.32. The molecule has 5 nitrogen and oxygen atoms in total. The van der Waals surface area contributed by atoms with Crippen molar-refractivity contribution >= 4 is 5.97 Å². The second-order valence-corrected chi connectivity index (χ2v) is 3.97. The van der Waals surface area contributed by atoms with Crippen LogP contribution in [0.1, 0.15) is 11.3 Å². The van der Waals surface area contributed by atoms with E-state index in [4.69, 9.17) is 9.84 Å². The van der Waals surface area contributed by atoms with E-state index >= 15 is 0 Å². The lowest BCUT2D eigenvalue weighted by Gasteiger charge is -2.02. The van der Waals surface area contributed by atoms with E-state index in [1.165, 1.54) is 0 Å². The zero-order chi connectivity index (χ0) is 13.1. The van der Waals surface area contributed by atoms with Gasteiger partial charge >= 0.3 is 5.97 Å². The van der Waals surface area contributed by atoms with Gasteiger partial charge in [-0.25, -0.2) is 0 Å². The lowest BCUT2D eigenvalue weighted by atomic mass is 10.1. The molecule has 2 N–H and O–H groups in total. The predicted octanol–water partition coefficient (Wildman–Crippen LogP) is 2.02. The quantitative estimate of drug-likeness (QED) is 0.865. The summed E-state index contributed by atoms with van der Waals surface area (Å²) in [6, 6.07) is 7.49. The Labute approximate surface area is 104 Å². The molecule has 0 spiro atoms. The second kappa shape index (κ2) is 4.91. The van der Waals surface area contributed by atoms with Crippen LogP contribution in [0, 0.1) is 6.92 Å². The van der Waals surface area contributed by atoms with Crippen molar-refractivity contribution in [1.82, 2.24) is 10.2 Å². The van der Waals surface area contributed by atoms with E-state index in [1.54, 1.807) is 7.11 Å². The number of carbonyl (C=O) groups is 1. The van der Waals surface area contributed by atoms with Crippen molar-refractivity contribution in [3.63, 3.8) is 0 Å². The minimum Gasteiger partial charge on any atom is -0.497 e. The van der Waals surface area contributed by atoms with Gasteiger partial charge in [0.1, 0.15) is 5.75 Å². The fourth-order valence-electron chi connectivity index (χ4n) is 1.79. The van der Waals surface area contributed by atoms with Crippen molar-refractivity contribution < 1.29 is 14.6 Å². The summed E-state index contributed by atoms with van der Waals surface area (Å²) >= 11 is 0. The van der Waals surface area contributed by atoms with Gasteiger partial charge < -0.3 is 9.84 Å². The van der Waals surface area contributed by atoms with Gasteiger partial charge in [-0.1, -0.05) is 0 Å². The number of hydrogen-bond donors (Lipinski definition) is 2. The molecule has 0 unspecified atom stereocenters. The standard InChI is InChI=1S/C13H14N2O3/c1-8-11(7-12(16)17)14-15-13(8)9-3-5-10(18-2)6-4-9/h3-6H,7H2,1-2H3,(H,14,15)(H,16,17). The van der Waals surface area contributed by atoms with Crippen LogP contribution >= 0.6 is 0 Å². The van der Waals surface area contributed by atoms with Gasteiger partial charge in [-0.05, 0) is 36.8 Å². The normalized spacial score (nSPS) is 10.3. The average Bonchev–Trinajstić information content (AvgIpc) is 2.71. The first-order valence-corrected chi connectivity index (χ1v) is 5.52. The van der Waals surface area contributed by atoms with Gasteiger partial charge in [-0.3, -0.25) is 9.89 Å². The monoisotopic (exact) mass is 246 g/mol. The van der Waals surface area contributed by atoms with Crippen LogP contribution in [0.2, 0.25) is 0 Å². The number of carboxylic acid groups (broad SMARTS) is 1. The summed E-state index contributed by atoms with van der Waals surface area (Å²) in [7, 11) is 1.61. The highest BCUT2D eigenvalue weighted by atomic mass is 16.5. The number of methoxy groups -OCH3 is 1. The van der Waals surface area contributed by atoms with Gasteiger partial charge in [0.25, 0.3) is 0 Å². The summed E-state index contributed by atoms with van der Waals surface area (Å²) in [5.41, 5.74) is 3.20. The van der Waals surface area contributed by atoms with Crippen molar-refractivity contribution in [2.45, 2.75) is 13.3 Å². The molecule has 0 aliphatic carbocycles. The third kappa shape index (κ3) is 2.34. The van der Waals surface area contributed by atoms with Crippen molar-refractivity contribution in [1.29, 1.82) is 0 Å². The van der Waals surface area contributed by atoms with Gasteiger partial charge in [0.15, 0.2) is 0 Å². The maximum Gasteiger partial charge on any atom is 0.309 e. The van der Waals surface area contributed by atoms with E-state index in [9.17, 15) is 4.79 Å². The van der Waals surface area contributed by atoms with Gasteiger partial charge in [-0.15, -0.1) is 0 Å². The van der Waals surface area contributed by atoms with E-state index in [-0.39, 0.29) is 6.42 Å². The molecule has 2 rings (SSSR count). The molecule has 18 heavy (non-hydrogen) atoms. The third-order valence-corrected chi connectivity index (χ3v) is 2.80. The van der Waals surface area contributed by atoms with E-state index in [0.29, 0.717) is 5.69 Å². The lowest BCUT2D eigenvalue weighted by Crippen LogP contribution is -2.01. The number of ether oxygens (including phenoxy) is 1. The molecule has 0 radical (unpaired) electrons. The number of carboxylic acids is 1. The summed E-state index contributed by atoms with van der Waals surface area (Å²) in [5.74, 6) is -0.0965. The van der Waals surface area contributed by atoms with Crippen LogP contribution in [0.15, 0.2) is 24.3 Å². The van der Waals surface area contributed by atoms with Crippen LogP contribution < -0.4 is 4.74 Å². The number of H-pyrrole nitrogens is 1. The number of hydrogen-bond acceptors (Lipinski definition) is 3. The van der Waals surface area contributed by atoms with Crippen molar-refractivity contribution in [3.8, 4) is 17.0 Å². The van der Waals surface area contributed by atoms with Crippen LogP contribution in [-0.2, 0) is 11.2 Å². The number of nitrogens with one attached hydrogen (secondary N) is 1. The summed E-state index contributed by atoms with van der Waals surface area (Å²) < 4.78 is 5.09. The summed E-state index contributed by atoms with van der Waals surface area (Å²) in [6.45, 7) is 1.86. The number of rotatable bonds is 4. The first-order chi connectivity index (χ1) is 8.61. The molecule has 0 saturated carbocycles. The van der Waals surface area contributed by atoms with Crippen LogP contribution in [0.4, 0.5) is 0 Å². The number of aromatic amines is 1. The van der Waals surface area contributed by atoms with Crippen LogP contribution in [-0.4, -0.2) is 28.4 Å². The predicted molar refractivity (Wildman–Crippen MR) is 66.7 cm³/mol. The number of nitrogens with zero attached hydrogens (tertiary/aromatic N) is 1. The number of aromatic nitrogens is 2. The Morgan fingerprint density at radius 3 is 2.61 bits per heavy atom. The topological polar surface area (TPSA) is 75.2 Å². The Bertz CT molecular complexity index is 558. The lowest BCUT2D eigenvalue weighted by molar-refractivity contribution is -0.136. The van der Waals surface area contributed by atoms with Crippen LogP contribution in [0.3, 0.4) is 0 Å². The summed E-state index contributed by atoms with van der Waals surface area (Å²) in [5, 5.41) is 15.7. The highest BCUT2D eigenvalue weighted by Gasteiger charge is 2.13. The third-order valence-electron chi connectivity index (χ3n) is 2.80. The number of aliphatic carboxylic acids is 1. The van der Waals surface area contributed by atoms with Crippen LogP contribution in [0.5, 0.6) is 5.75 Å². The van der Waals surface area contributed by atoms with Gasteiger partial charge in [0.2, 0.25) is 0 Å². The fraction of sp³-hybridized carbons (Fsp3) is 0.231. The molecule has 1 aromatic heterocycles. The molecular weight excluding hydrogens is 232 g/mol. The Morgan fingerprint density at radius 1 is 1.39 bits per heavy atom.